The average molecular weight is 314 g/mol. The van der Waals surface area contributed by atoms with Crippen LogP contribution in [0.1, 0.15) is 35.2 Å². The van der Waals surface area contributed by atoms with Gasteiger partial charge in [-0.05, 0) is 43.0 Å². The quantitative estimate of drug-likeness (QED) is 0.843. The maximum absolute atomic E-state index is 12.4. The first-order chi connectivity index (χ1) is 11.0. The summed E-state index contributed by atoms with van der Waals surface area (Å²) in [5.74, 6) is -0.921. The molecule has 23 heavy (non-hydrogen) atoms. The molecule has 1 heterocycles. The molecule has 0 saturated heterocycles. The molecule has 120 valence electrons. The maximum Gasteiger partial charge on any atom is 0.326 e. The van der Waals surface area contributed by atoms with Crippen molar-refractivity contribution in [1.82, 2.24) is 20.1 Å². The molecule has 2 N–H and O–H groups in total. The lowest BCUT2D eigenvalue weighted by Gasteiger charge is -2.15. The number of aromatic nitrogens is 3. The highest BCUT2D eigenvalue weighted by atomic mass is 16.4. The van der Waals surface area contributed by atoms with Crippen molar-refractivity contribution >= 4 is 11.9 Å². The van der Waals surface area contributed by atoms with Gasteiger partial charge in [-0.2, -0.15) is 5.10 Å². The first-order valence-corrected chi connectivity index (χ1v) is 7.54. The molecule has 0 radical (unpaired) electrons. The number of carboxylic acid groups (broad SMARTS) is 1. The Morgan fingerprint density at radius 3 is 2.78 bits per heavy atom. The fraction of sp³-hybridized carbons (Fsp3) is 0.375. The van der Waals surface area contributed by atoms with E-state index in [4.69, 9.17) is 0 Å². The van der Waals surface area contributed by atoms with E-state index in [0.29, 0.717) is 17.9 Å². The molecule has 0 spiro atoms. The number of aliphatic carboxylic acids is 1. The van der Waals surface area contributed by atoms with E-state index in [2.05, 4.69) is 15.4 Å². The molecule has 0 bridgehead atoms. The molecule has 0 aliphatic heterocycles. The van der Waals surface area contributed by atoms with Crippen LogP contribution in [0.5, 0.6) is 0 Å². The van der Waals surface area contributed by atoms with Crippen LogP contribution in [0, 0.1) is 12.8 Å². The summed E-state index contributed by atoms with van der Waals surface area (Å²) in [4.78, 5) is 27.5. The molecule has 2 aromatic rings. The van der Waals surface area contributed by atoms with Gasteiger partial charge in [0.05, 0.1) is 5.69 Å². The van der Waals surface area contributed by atoms with Crippen LogP contribution in [0.15, 0.2) is 30.9 Å². The number of amides is 1. The van der Waals surface area contributed by atoms with Crippen LogP contribution < -0.4 is 5.32 Å². The number of nitrogens with zero attached hydrogens (tertiary/aromatic N) is 3. The minimum atomic E-state index is -0.984. The van der Waals surface area contributed by atoms with Gasteiger partial charge in [0.25, 0.3) is 5.91 Å². The van der Waals surface area contributed by atoms with Gasteiger partial charge in [0.1, 0.15) is 18.7 Å². The molecule has 7 heteroatoms. The average Bonchev–Trinajstić information content (AvgIpc) is 3.16. The maximum atomic E-state index is 12.4. The van der Waals surface area contributed by atoms with Gasteiger partial charge in [-0.15, -0.1) is 0 Å². The number of benzene rings is 1. The van der Waals surface area contributed by atoms with Crippen LogP contribution in [0.25, 0.3) is 5.69 Å². The third-order valence-corrected chi connectivity index (χ3v) is 4.01. The van der Waals surface area contributed by atoms with E-state index in [1.54, 1.807) is 23.1 Å². The zero-order valence-corrected chi connectivity index (χ0v) is 12.8. The molecule has 1 amide bonds. The first-order valence-electron chi connectivity index (χ1n) is 7.54. The van der Waals surface area contributed by atoms with Gasteiger partial charge in [0, 0.05) is 5.56 Å². The first kappa shape index (κ1) is 15.2. The minimum Gasteiger partial charge on any atom is -0.480 e. The monoisotopic (exact) mass is 314 g/mol. The van der Waals surface area contributed by atoms with Crippen molar-refractivity contribution in [3.8, 4) is 5.69 Å². The number of carbonyl (C=O) groups excluding carboxylic acids is 1. The summed E-state index contributed by atoms with van der Waals surface area (Å²) >= 11 is 0. The molecule has 1 saturated carbocycles. The minimum absolute atomic E-state index is 0.360. The van der Waals surface area contributed by atoms with Crippen molar-refractivity contribution in [1.29, 1.82) is 0 Å². The Hall–Kier alpha value is -2.70. The second-order valence-electron chi connectivity index (χ2n) is 5.88. The second kappa shape index (κ2) is 6.20. The summed E-state index contributed by atoms with van der Waals surface area (Å²) in [7, 11) is 0. The molecule has 1 aromatic heterocycles. The van der Waals surface area contributed by atoms with E-state index in [0.717, 1.165) is 24.1 Å². The third kappa shape index (κ3) is 3.56. The predicted molar refractivity (Wildman–Crippen MR) is 82.3 cm³/mol. The third-order valence-electron chi connectivity index (χ3n) is 4.01. The molecular weight excluding hydrogens is 296 g/mol. The van der Waals surface area contributed by atoms with E-state index in [1.807, 2.05) is 13.0 Å². The van der Waals surface area contributed by atoms with Crippen LogP contribution in [0.4, 0.5) is 0 Å². The standard InChI is InChI=1S/C16H18N4O3/c1-10-6-12(20-9-17-8-18-20)4-5-13(10)15(21)19-14(16(22)23)7-11-2-3-11/h4-6,8-9,11,14H,2-3,7H2,1H3,(H,19,21)(H,22,23). The summed E-state index contributed by atoms with van der Waals surface area (Å²) in [5, 5.41) is 15.9. The number of nitrogens with one attached hydrogen (secondary N) is 1. The van der Waals surface area contributed by atoms with Crippen LogP contribution in [0.3, 0.4) is 0 Å². The SMILES string of the molecule is Cc1cc(-n2cncn2)ccc1C(=O)NC(CC1CC1)C(=O)O. The normalized spacial score (nSPS) is 15.2. The van der Waals surface area contributed by atoms with Crippen LogP contribution in [0.2, 0.25) is 0 Å². The van der Waals surface area contributed by atoms with Gasteiger partial charge in [-0.1, -0.05) is 12.8 Å². The molecule has 3 rings (SSSR count). The van der Waals surface area contributed by atoms with Gasteiger partial charge < -0.3 is 10.4 Å². The molecule has 7 nitrogen and oxygen atoms in total. The van der Waals surface area contributed by atoms with Gasteiger partial charge in [-0.25, -0.2) is 14.5 Å². The molecular formula is C16H18N4O3. The van der Waals surface area contributed by atoms with Crippen LogP contribution in [-0.4, -0.2) is 37.8 Å². The molecule has 1 atom stereocenters. The van der Waals surface area contributed by atoms with E-state index >= 15 is 0 Å². The summed E-state index contributed by atoms with van der Waals surface area (Å²) in [5.41, 5.74) is 2.02. The Balaban J connectivity index is 1.74. The van der Waals surface area contributed by atoms with Gasteiger partial charge >= 0.3 is 5.97 Å². The van der Waals surface area contributed by atoms with E-state index < -0.39 is 12.0 Å². The fourth-order valence-electron chi connectivity index (χ4n) is 2.53. The van der Waals surface area contributed by atoms with Crippen LogP contribution >= 0.6 is 0 Å². The highest BCUT2D eigenvalue weighted by Gasteiger charge is 2.30. The number of rotatable bonds is 6. The number of carbonyl (C=O) groups is 2. The van der Waals surface area contributed by atoms with Crippen molar-refractivity contribution in [2.45, 2.75) is 32.2 Å². The topological polar surface area (TPSA) is 97.1 Å². The Labute approximate surface area is 133 Å². The van der Waals surface area contributed by atoms with Gasteiger partial charge in [0.2, 0.25) is 0 Å². The lowest BCUT2D eigenvalue weighted by Crippen LogP contribution is -2.41. The molecule has 1 aliphatic carbocycles. The molecule has 1 unspecified atom stereocenters. The van der Waals surface area contributed by atoms with E-state index in [1.165, 1.54) is 6.33 Å². The predicted octanol–water partition coefficient (Wildman–Crippen LogP) is 1.56. The van der Waals surface area contributed by atoms with Crippen molar-refractivity contribution in [3.63, 3.8) is 0 Å². The van der Waals surface area contributed by atoms with Crippen LogP contribution in [-0.2, 0) is 4.79 Å². The van der Waals surface area contributed by atoms with E-state index in [9.17, 15) is 14.7 Å². The Morgan fingerprint density at radius 2 is 2.22 bits per heavy atom. The fourth-order valence-corrected chi connectivity index (χ4v) is 2.53. The van der Waals surface area contributed by atoms with Crippen molar-refractivity contribution in [2.75, 3.05) is 0 Å². The Kier molecular flexibility index (Phi) is 4.10. The van der Waals surface area contributed by atoms with Crippen molar-refractivity contribution < 1.29 is 14.7 Å². The summed E-state index contributed by atoms with van der Waals surface area (Å²) in [6.07, 6.45) is 5.60. The molecule has 1 fully saturated rings. The summed E-state index contributed by atoms with van der Waals surface area (Å²) in [6.45, 7) is 1.81. The molecule has 1 aliphatic rings. The number of aryl methyl sites for hydroxylation is 1. The van der Waals surface area contributed by atoms with E-state index in [-0.39, 0.29) is 5.91 Å². The number of hydrogen-bond donors (Lipinski definition) is 2. The summed E-state index contributed by atoms with van der Waals surface area (Å²) < 4.78 is 1.60. The molecule has 1 aromatic carbocycles. The smallest absolute Gasteiger partial charge is 0.326 e. The zero-order valence-electron chi connectivity index (χ0n) is 12.8. The lowest BCUT2D eigenvalue weighted by molar-refractivity contribution is -0.139. The van der Waals surface area contributed by atoms with Crippen molar-refractivity contribution in [3.05, 3.63) is 42.0 Å². The Morgan fingerprint density at radius 1 is 1.43 bits per heavy atom. The van der Waals surface area contributed by atoms with Gasteiger partial charge in [0.15, 0.2) is 0 Å². The van der Waals surface area contributed by atoms with Crippen molar-refractivity contribution in [2.24, 2.45) is 5.92 Å². The zero-order chi connectivity index (χ0) is 16.4. The van der Waals surface area contributed by atoms with Gasteiger partial charge in [-0.3, -0.25) is 4.79 Å². The Bertz CT molecular complexity index is 723. The number of hydrogen-bond acceptors (Lipinski definition) is 4. The lowest BCUT2D eigenvalue weighted by atomic mass is 10.1. The highest BCUT2D eigenvalue weighted by Crippen LogP contribution is 2.33. The number of carboxylic acids is 1. The highest BCUT2D eigenvalue weighted by molar-refractivity contribution is 5.98. The second-order valence-corrected chi connectivity index (χ2v) is 5.88. The largest absolute Gasteiger partial charge is 0.480 e. The summed E-state index contributed by atoms with van der Waals surface area (Å²) in [6, 6.07) is 4.43.